The van der Waals surface area contributed by atoms with Crippen molar-refractivity contribution in [1.82, 2.24) is 15.5 Å². The minimum Gasteiger partial charge on any atom is -0.497 e. The molecule has 2 rings (SSSR count). The number of carbonyl (C=O) groups is 3. The van der Waals surface area contributed by atoms with Crippen LogP contribution in [0.2, 0.25) is 0 Å². The zero-order valence-electron chi connectivity index (χ0n) is 15.6. The second-order valence-electron chi connectivity index (χ2n) is 6.59. The predicted octanol–water partition coefficient (Wildman–Crippen LogP) is 2.16. The predicted molar refractivity (Wildman–Crippen MR) is 97.7 cm³/mol. The van der Waals surface area contributed by atoms with Crippen molar-refractivity contribution in [3.8, 4) is 5.75 Å². The number of urea groups is 1. The Bertz CT molecular complexity index is 659. The molecule has 0 saturated carbocycles. The maximum Gasteiger partial charge on any atom is 0.325 e. The van der Waals surface area contributed by atoms with Crippen LogP contribution < -0.4 is 15.4 Å². The molecule has 142 valence electrons. The molecule has 1 aromatic rings. The Hall–Kier alpha value is -2.57. The Morgan fingerprint density at radius 3 is 2.50 bits per heavy atom. The quantitative estimate of drug-likeness (QED) is 0.521. The van der Waals surface area contributed by atoms with Gasteiger partial charge in [0, 0.05) is 6.54 Å². The van der Waals surface area contributed by atoms with Crippen molar-refractivity contribution in [3.05, 3.63) is 29.8 Å². The Labute approximate surface area is 154 Å². The second kappa shape index (κ2) is 8.69. The highest BCUT2D eigenvalue weighted by Gasteiger charge is 2.49. The smallest absolute Gasteiger partial charge is 0.325 e. The summed E-state index contributed by atoms with van der Waals surface area (Å²) in [7, 11) is 1.56. The summed E-state index contributed by atoms with van der Waals surface area (Å²) in [6, 6.07) is 6.36. The van der Waals surface area contributed by atoms with E-state index < -0.39 is 17.5 Å². The molecular formula is C19H27N3O4. The molecule has 1 aliphatic rings. The molecule has 26 heavy (non-hydrogen) atoms. The summed E-state index contributed by atoms with van der Waals surface area (Å²) in [6.45, 7) is 4.04. The number of nitrogens with zero attached hydrogens (tertiary/aromatic N) is 1. The van der Waals surface area contributed by atoms with Crippen LogP contribution in [0.15, 0.2) is 24.3 Å². The minimum absolute atomic E-state index is 0.274. The molecule has 0 aromatic heterocycles. The molecule has 7 heteroatoms. The highest BCUT2D eigenvalue weighted by atomic mass is 16.5. The van der Waals surface area contributed by atoms with Crippen LogP contribution in [0.3, 0.4) is 0 Å². The van der Waals surface area contributed by atoms with Gasteiger partial charge in [-0.15, -0.1) is 0 Å². The fourth-order valence-corrected chi connectivity index (χ4v) is 2.94. The van der Waals surface area contributed by atoms with Crippen LogP contribution in [0.4, 0.5) is 4.79 Å². The maximum absolute atomic E-state index is 12.8. The lowest BCUT2D eigenvalue weighted by atomic mass is 9.92. The molecule has 1 aromatic carbocycles. The lowest BCUT2D eigenvalue weighted by Crippen LogP contribution is -2.43. The van der Waals surface area contributed by atoms with Gasteiger partial charge in [0.2, 0.25) is 5.91 Å². The lowest BCUT2D eigenvalue weighted by molar-refractivity contribution is -0.134. The number of amides is 4. The van der Waals surface area contributed by atoms with Crippen molar-refractivity contribution in [3.63, 3.8) is 0 Å². The second-order valence-corrected chi connectivity index (χ2v) is 6.59. The first kappa shape index (κ1) is 19.8. The summed E-state index contributed by atoms with van der Waals surface area (Å²) >= 11 is 0. The van der Waals surface area contributed by atoms with E-state index in [0.717, 1.165) is 30.6 Å². The summed E-state index contributed by atoms with van der Waals surface area (Å²) < 4.78 is 5.11. The third-order valence-electron chi connectivity index (χ3n) is 4.60. The van der Waals surface area contributed by atoms with Gasteiger partial charge in [-0.2, -0.15) is 0 Å². The number of benzene rings is 1. The van der Waals surface area contributed by atoms with Crippen LogP contribution in [0, 0.1) is 0 Å². The number of hydrogen-bond donors (Lipinski definition) is 2. The monoisotopic (exact) mass is 361 g/mol. The number of unbranched alkanes of at least 4 members (excludes halogenated alkanes) is 3. The Morgan fingerprint density at radius 2 is 1.88 bits per heavy atom. The number of ether oxygens (including phenoxy) is 1. The van der Waals surface area contributed by atoms with Gasteiger partial charge in [-0.3, -0.25) is 14.5 Å². The van der Waals surface area contributed by atoms with Crippen LogP contribution >= 0.6 is 0 Å². The number of hydrogen-bond acceptors (Lipinski definition) is 4. The molecule has 0 radical (unpaired) electrons. The van der Waals surface area contributed by atoms with Crippen molar-refractivity contribution >= 4 is 17.8 Å². The molecule has 7 nitrogen and oxygen atoms in total. The summed E-state index contributed by atoms with van der Waals surface area (Å²) in [4.78, 5) is 38.0. The zero-order valence-corrected chi connectivity index (χ0v) is 15.6. The average molecular weight is 361 g/mol. The van der Waals surface area contributed by atoms with Gasteiger partial charge < -0.3 is 15.4 Å². The molecule has 1 saturated heterocycles. The zero-order chi connectivity index (χ0) is 19.2. The average Bonchev–Trinajstić information content (AvgIpc) is 2.85. The van der Waals surface area contributed by atoms with Gasteiger partial charge in [0.25, 0.3) is 5.91 Å². The summed E-state index contributed by atoms with van der Waals surface area (Å²) in [5.74, 6) is -0.105. The third-order valence-corrected chi connectivity index (χ3v) is 4.60. The molecule has 1 aliphatic heterocycles. The first-order valence-corrected chi connectivity index (χ1v) is 8.97. The van der Waals surface area contributed by atoms with E-state index in [1.807, 2.05) is 0 Å². The number of imide groups is 1. The SMILES string of the molecule is CCCCCCNC(=O)CN1C(=O)NC(C)(c2ccc(OC)cc2)C1=O. The van der Waals surface area contributed by atoms with Crippen LogP contribution in [-0.2, 0) is 15.1 Å². The molecule has 1 heterocycles. The molecule has 1 atom stereocenters. The fourth-order valence-electron chi connectivity index (χ4n) is 2.94. The minimum atomic E-state index is -1.19. The summed E-state index contributed by atoms with van der Waals surface area (Å²) in [5.41, 5.74) is -0.552. The van der Waals surface area contributed by atoms with Crippen LogP contribution in [0.25, 0.3) is 0 Å². The summed E-state index contributed by atoms with van der Waals surface area (Å²) in [5, 5.41) is 5.45. The van der Waals surface area contributed by atoms with E-state index in [-0.39, 0.29) is 12.5 Å². The first-order chi connectivity index (χ1) is 12.4. The number of nitrogens with one attached hydrogen (secondary N) is 2. The van der Waals surface area contributed by atoms with Crippen LogP contribution in [0.1, 0.15) is 45.1 Å². The van der Waals surface area contributed by atoms with Gasteiger partial charge in [-0.1, -0.05) is 38.3 Å². The number of carbonyl (C=O) groups excluding carboxylic acids is 3. The molecule has 1 unspecified atom stereocenters. The van der Waals surface area contributed by atoms with Gasteiger partial charge in [0.15, 0.2) is 0 Å². The standard InChI is InChI=1S/C19H27N3O4/c1-4-5-6-7-12-20-16(23)13-22-17(24)19(2,21-18(22)25)14-8-10-15(26-3)11-9-14/h8-11H,4-7,12-13H2,1-3H3,(H,20,23)(H,21,25). The van der Waals surface area contributed by atoms with Crippen molar-refractivity contribution in [1.29, 1.82) is 0 Å². The van der Waals surface area contributed by atoms with E-state index in [0.29, 0.717) is 17.9 Å². The first-order valence-electron chi connectivity index (χ1n) is 8.97. The highest BCUT2D eigenvalue weighted by molar-refractivity contribution is 6.09. The van der Waals surface area contributed by atoms with Gasteiger partial charge in [0.05, 0.1) is 7.11 Å². The Balaban J connectivity index is 1.97. The largest absolute Gasteiger partial charge is 0.497 e. The number of methoxy groups -OCH3 is 1. The molecule has 1 fully saturated rings. The van der Waals surface area contributed by atoms with Gasteiger partial charge >= 0.3 is 6.03 Å². The van der Waals surface area contributed by atoms with E-state index >= 15 is 0 Å². The van der Waals surface area contributed by atoms with E-state index in [4.69, 9.17) is 4.74 Å². The summed E-state index contributed by atoms with van der Waals surface area (Å²) in [6.07, 6.45) is 4.20. The van der Waals surface area contributed by atoms with E-state index in [2.05, 4.69) is 17.6 Å². The Kier molecular flexibility index (Phi) is 6.60. The third kappa shape index (κ3) is 4.33. The van der Waals surface area contributed by atoms with E-state index in [1.54, 1.807) is 38.3 Å². The van der Waals surface area contributed by atoms with E-state index in [1.165, 1.54) is 0 Å². The van der Waals surface area contributed by atoms with Gasteiger partial charge in [0.1, 0.15) is 17.8 Å². The number of rotatable bonds is 9. The van der Waals surface area contributed by atoms with Crippen LogP contribution in [0.5, 0.6) is 5.75 Å². The molecular weight excluding hydrogens is 334 g/mol. The fraction of sp³-hybridized carbons (Fsp3) is 0.526. The van der Waals surface area contributed by atoms with Gasteiger partial charge in [-0.05, 0) is 31.0 Å². The van der Waals surface area contributed by atoms with Gasteiger partial charge in [-0.25, -0.2) is 4.79 Å². The lowest BCUT2D eigenvalue weighted by Gasteiger charge is -2.22. The molecule has 4 amide bonds. The molecule has 2 N–H and O–H groups in total. The van der Waals surface area contributed by atoms with Crippen molar-refractivity contribution in [2.75, 3.05) is 20.2 Å². The normalized spacial score (nSPS) is 19.4. The van der Waals surface area contributed by atoms with Crippen molar-refractivity contribution < 1.29 is 19.1 Å². The Morgan fingerprint density at radius 1 is 1.19 bits per heavy atom. The van der Waals surface area contributed by atoms with Crippen LogP contribution in [-0.4, -0.2) is 42.9 Å². The maximum atomic E-state index is 12.8. The molecule has 0 spiro atoms. The van der Waals surface area contributed by atoms with Crippen molar-refractivity contribution in [2.24, 2.45) is 0 Å². The molecule has 0 bridgehead atoms. The topological polar surface area (TPSA) is 87.7 Å². The highest BCUT2D eigenvalue weighted by Crippen LogP contribution is 2.29. The van der Waals surface area contributed by atoms with Crippen molar-refractivity contribution in [2.45, 2.75) is 45.1 Å². The van der Waals surface area contributed by atoms with E-state index in [9.17, 15) is 14.4 Å². The molecule has 0 aliphatic carbocycles.